The summed E-state index contributed by atoms with van der Waals surface area (Å²) < 4.78 is 13.0. The Bertz CT molecular complexity index is 1430. The second-order valence-electron chi connectivity index (χ2n) is 10.9. The zero-order valence-corrected chi connectivity index (χ0v) is 24.0. The largest absolute Gasteiger partial charge is 0.496 e. The van der Waals surface area contributed by atoms with E-state index in [1.807, 2.05) is 36.1 Å². The molecule has 210 valence electrons. The van der Waals surface area contributed by atoms with Gasteiger partial charge in [0.25, 0.3) is 17.4 Å². The predicted octanol–water partition coefficient (Wildman–Crippen LogP) is 4.11. The second kappa shape index (κ2) is 11.3. The lowest BCUT2D eigenvalue weighted by Gasteiger charge is -2.38. The van der Waals surface area contributed by atoms with Crippen LogP contribution in [0.4, 0.5) is 0 Å². The average Bonchev–Trinajstić information content (AvgIpc) is 3.22. The topological polar surface area (TPSA) is 106 Å². The van der Waals surface area contributed by atoms with Gasteiger partial charge in [0.15, 0.2) is 0 Å². The third-order valence-corrected chi connectivity index (χ3v) is 8.20. The Morgan fingerprint density at radius 2 is 1.82 bits per heavy atom. The number of aromatic amines is 1. The summed E-state index contributed by atoms with van der Waals surface area (Å²) in [5.74, 6) is 0.573. The highest BCUT2D eigenvalue weighted by atomic mass is 16.5. The van der Waals surface area contributed by atoms with E-state index in [4.69, 9.17) is 9.47 Å². The van der Waals surface area contributed by atoms with E-state index in [0.717, 1.165) is 29.4 Å². The molecule has 3 heterocycles. The molecule has 39 heavy (non-hydrogen) atoms. The maximum absolute atomic E-state index is 13.5. The van der Waals surface area contributed by atoms with Gasteiger partial charge in [-0.15, -0.1) is 0 Å². The molecule has 9 nitrogen and oxygen atoms in total. The predicted molar refractivity (Wildman–Crippen MR) is 151 cm³/mol. The number of aromatic nitrogens is 2. The zero-order chi connectivity index (χ0) is 28.5. The molecule has 0 radical (unpaired) electrons. The summed E-state index contributed by atoms with van der Waals surface area (Å²) in [5.41, 5.74) is 2.44. The number of piperidine rings is 1. The number of rotatable bonds is 8. The molecule has 3 aromatic rings. The maximum Gasteiger partial charge on any atom is 0.256 e. The molecule has 0 bridgehead atoms. The Hall–Kier alpha value is -3.59. The number of nitrogens with one attached hydrogen (secondary N) is 2. The van der Waals surface area contributed by atoms with Gasteiger partial charge in [-0.1, -0.05) is 18.2 Å². The van der Waals surface area contributed by atoms with Crippen molar-refractivity contribution in [2.45, 2.75) is 65.6 Å². The van der Waals surface area contributed by atoms with Crippen molar-refractivity contribution in [3.05, 3.63) is 63.2 Å². The van der Waals surface area contributed by atoms with Crippen LogP contribution in [0, 0.1) is 19.8 Å². The molecule has 2 amide bonds. The van der Waals surface area contributed by atoms with Gasteiger partial charge >= 0.3 is 0 Å². The smallest absolute Gasteiger partial charge is 0.256 e. The van der Waals surface area contributed by atoms with Gasteiger partial charge in [0.1, 0.15) is 11.4 Å². The van der Waals surface area contributed by atoms with Gasteiger partial charge in [-0.25, -0.2) is 0 Å². The first kappa shape index (κ1) is 28.4. The minimum Gasteiger partial charge on any atom is -0.496 e. The Morgan fingerprint density at radius 1 is 1.15 bits per heavy atom. The number of nitrogens with zero attached hydrogens (tertiary/aromatic N) is 2. The lowest BCUT2D eigenvalue weighted by Crippen LogP contribution is -2.49. The average molecular weight is 537 g/mol. The number of pyridine rings is 1. The van der Waals surface area contributed by atoms with Gasteiger partial charge in [0, 0.05) is 48.5 Å². The van der Waals surface area contributed by atoms with Crippen LogP contribution in [0.1, 0.15) is 67.0 Å². The van der Waals surface area contributed by atoms with E-state index in [-0.39, 0.29) is 30.0 Å². The minimum absolute atomic E-state index is 0.0155. The molecular formula is C30H40N4O5. The number of methoxy groups -OCH3 is 2. The quantitative estimate of drug-likeness (QED) is 0.451. The molecule has 1 unspecified atom stereocenters. The minimum atomic E-state index is -0.832. The fraction of sp³-hybridized carbons (Fsp3) is 0.500. The van der Waals surface area contributed by atoms with E-state index in [1.54, 1.807) is 33.9 Å². The number of H-pyrrole nitrogens is 1. The van der Waals surface area contributed by atoms with Crippen molar-refractivity contribution in [1.29, 1.82) is 0 Å². The molecule has 4 rings (SSSR count). The summed E-state index contributed by atoms with van der Waals surface area (Å²) in [6.45, 7) is 11.0. The number of carbonyl (C=O) groups is 2. The number of hydrogen-bond acceptors (Lipinski definition) is 5. The fourth-order valence-electron chi connectivity index (χ4n) is 5.76. The van der Waals surface area contributed by atoms with E-state index in [9.17, 15) is 14.4 Å². The van der Waals surface area contributed by atoms with Crippen molar-refractivity contribution in [1.82, 2.24) is 19.8 Å². The molecule has 2 N–H and O–H groups in total. The highest BCUT2D eigenvalue weighted by Gasteiger charge is 2.36. The summed E-state index contributed by atoms with van der Waals surface area (Å²) in [4.78, 5) is 43.6. The van der Waals surface area contributed by atoms with E-state index in [0.29, 0.717) is 41.6 Å². The van der Waals surface area contributed by atoms with Crippen molar-refractivity contribution in [2.75, 3.05) is 27.3 Å². The molecule has 1 aliphatic rings. The number of amides is 2. The van der Waals surface area contributed by atoms with Crippen LogP contribution in [0.2, 0.25) is 0 Å². The summed E-state index contributed by atoms with van der Waals surface area (Å²) in [7, 11) is 3.08. The van der Waals surface area contributed by atoms with Crippen molar-refractivity contribution >= 4 is 22.7 Å². The summed E-state index contributed by atoms with van der Waals surface area (Å²) in [6, 6.07) is 9.80. The molecule has 1 atom stereocenters. The van der Waals surface area contributed by atoms with Crippen LogP contribution in [0.25, 0.3) is 10.9 Å². The molecule has 9 heteroatoms. The van der Waals surface area contributed by atoms with Gasteiger partial charge < -0.3 is 29.2 Å². The third kappa shape index (κ3) is 5.45. The normalized spacial score (nSPS) is 15.4. The number of likely N-dealkylation sites (tertiary alicyclic amines) is 1. The van der Waals surface area contributed by atoms with E-state index in [1.165, 1.54) is 7.11 Å². The van der Waals surface area contributed by atoms with Crippen LogP contribution in [0.3, 0.4) is 0 Å². The number of aryl methyl sites for hydroxylation is 1. The van der Waals surface area contributed by atoms with Crippen molar-refractivity contribution in [3.63, 3.8) is 0 Å². The monoisotopic (exact) mass is 536 g/mol. The first-order chi connectivity index (χ1) is 18.5. The highest BCUT2D eigenvalue weighted by Crippen LogP contribution is 2.36. The maximum atomic E-state index is 13.5. The number of benzene rings is 1. The van der Waals surface area contributed by atoms with E-state index in [2.05, 4.69) is 21.8 Å². The molecule has 1 aromatic carbocycles. The van der Waals surface area contributed by atoms with Crippen molar-refractivity contribution < 1.29 is 19.1 Å². The summed E-state index contributed by atoms with van der Waals surface area (Å²) in [6.07, 6.45) is 1.74. The Kier molecular flexibility index (Phi) is 8.20. The van der Waals surface area contributed by atoms with Crippen molar-refractivity contribution in [3.8, 4) is 5.75 Å². The zero-order valence-electron chi connectivity index (χ0n) is 24.0. The SMILES string of the molecule is COc1cc(C)[nH]c(=O)c1CNC(=O)c1c(C)n(C(C)C2CCN(C(=O)C(C)(C)OC)CC2)c2ccccc12. The number of fused-ring (bicyclic) bond motifs is 1. The van der Waals surface area contributed by atoms with E-state index < -0.39 is 5.60 Å². The van der Waals surface area contributed by atoms with Crippen molar-refractivity contribution in [2.24, 2.45) is 5.92 Å². The van der Waals surface area contributed by atoms with Gasteiger partial charge in [-0.3, -0.25) is 14.4 Å². The third-order valence-electron chi connectivity index (χ3n) is 8.20. The fourth-order valence-corrected chi connectivity index (χ4v) is 5.76. The van der Waals surface area contributed by atoms with Crippen LogP contribution in [0.15, 0.2) is 35.1 Å². The lowest BCUT2D eigenvalue weighted by molar-refractivity contribution is -0.152. The van der Waals surface area contributed by atoms with Crippen LogP contribution in [0.5, 0.6) is 5.75 Å². The second-order valence-corrected chi connectivity index (χ2v) is 10.9. The summed E-state index contributed by atoms with van der Waals surface area (Å²) in [5, 5.41) is 3.82. The van der Waals surface area contributed by atoms with Crippen LogP contribution >= 0.6 is 0 Å². The summed E-state index contributed by atoms with van der Waals surface area (Å²) >= 11 is 0. The molecule has 2 aromatic heterocycles. The molecule has 0 saturated carbocycles. The van der Waals surface area contributed by atoms with Crippen LogP contribution in [-0.4, -0.2) is 59.2 Å². The number of para-hydroxylation sites is 1. The van der Waals surface area contributed by atoms with Crippen LogP contribution in [-0.2, 0) is 16.1 Å². The van der Waals surface area contributed by atoms with Crippen LogP contribution < -0.4 is 15.6 Å². The number of hydrogen-bond donors (Lipinski definition) is 2. The van der Waals surface area contributed by atoms with E-state index >= 15 is 0 Å². The number of ether oxygens (including phenoxy) is 2. The van der Waals surface area contributed by atoms with Gasteiger partial charge in [-0.2, -0.15) is 0 Å². The first-order valence-corrected chi connectivity index (χ1v) is 13.5. The Balaban J connectivity index is 1.57. The molecule has 1 fully saturated rings. The Morgan fingerprint density at radius 3 is 2.46 bits per heavy atom. The van der Waals surface area contributed by atoms with Gasteiger partial charge in [0.05, 0.1) is 24.8 Å². The molecule has 1 saturated heterocycles. The molecule has 1 aliphatic heterocycles. The van der Waals surface area contributed by atoms with Gasteiger partial charge in [0.2, 0.25) is 0 Å². The standard InChI is InChI=1S/C30H40N4O5/c1-18-16-25(38-6)23(27(35)32-18)17-31-28(36)26-20(3)34(24-11-9-8-10-22(24)26)19(2)21-12-14-33(15-13-21)29(37)30(4,5)39-7/h8-11,16,19,21H,12-15,17H2,1-7H3,(H,31,36)(H,32,35). The number of carbonyl (C=O) groups excluding carboxylic acids is 2. The first-order valence-electron chi connectivity index (χ1n) is 13.5. The van der Waals surface area contributed by atoms with Gasteiger partial charge in [-0.05, 0) is 65.5 Å². The highest BCUT2D eigenvalue weighted by molar-refractivity contribution is 6.08. The molecule has 0 spiro atoms. The Labute approximate surface area is 229 Å². The molecular weight excluding hydrogens is 496 g/mol. The molecule has 0 aliphatic carbocycles. The lowest BCUT2D eigenvalue weighted by atomic mass is 9.89.